The van der Waals surface area contributed by atoms with Gasteiger partial charge < -0.3 is 15.8 Å². The van der Waals surface area contributed by atoms with E-state index in [2.05, 4.69) is 26.1 Å². The van der Waals surface area contributed by atoms with E-state index in [1.165, 1.54) is 0 Å². The van der Waals surface area contributed by atoms with Crippen LogP contribution >= 0.6 is 0 Å². The summed E-state index contributed by atoms with van der Waals surface area (Å²) in [6.45, 7) is 8.99. The third kappa shape index (κ3) is 6.71. The van der Waals surface area contributed by atoms with Gasteiger partial charge in [-0.2, -0.15) is 0 Å². The fourth-order valence-corrected chi connectivity index (χ4v) is 2.85. The predicted molar refractivity (Wildman–Crippen MR) is 82.5 cm³/mol. The lowest BCUT2D eigenvalue weighted by Crippen LogP contribution is -2.29. The number of hydrogen-bond donors (Lipinski definition) is 2. The zero-order chi connectivity index (χ0) is 15.0. The number of nitrogens with one attached hydrogen (secondary N) is 1. The molecule has 2 unspecified atom stereocenters. The minimum atomic E-state index is 0.161. The second kappa shape index (κ2) is 8.63. The molecule has 1 aliphatic rings. The van der Waals surface area contributed by atoms with Crippen molar-refractivity contribution < 1.29 is 9.53 Å². The molecule has 0 aliphatic carbocycles. The fourth-order valence-electron chi connectivity index (χ4n) is 2.85. The van der Waals surface area contributed by atoms with Crippen molar-refractivity contribution in [2.75, 3.05) is 19.7 Å². The molecule has 0 spiro atoms. The summed E-state index contributed by atoms with van der Waals surface area (Å²) in [5.41, 5.74) is 5.89. The summed E-state index contributed by atoms with van der Waals surface area (Å²) < 4.78 is 5.54. The summed E-state index contributed by atoms with van der Waals surface area (Å²) in [4.78, 5) is 11.9. The first-order chi connectivity index (χ1) is 9.43. The van der Waals surface area contributed by atoms with E-state index in [0.717, 1.165) is 45.3 Å². The first-order valence-corrected chi connectivity index (χ1v) is 8.02. The average Bonchev–Trinajstić information content (AvgIpc) is 2.86. The minimum absolute atomic E-state index is 0.161. The van der Waals surface area contributed by atoms with Gasteiger partial charge in [0.1, 0.15) is 0 Å². The second-order valence-electron chi connectivity index (χ2n) is 6.95. The third-order valence-corrected chi connectivity index (χ3v) is 4.27. The molecule has 0 saturated carbocycles. The zero-order valence-electron chi connectivity index (χ0n) is 13.4. The standard InChI is InChI=1S/C16H32N2O2/c1-16(2,3)13(8-10-17)6-7-15(19)18-11-9-14-5-4-12-20-14/h13-14H,4-12,17H2,1-3H3,(H,18,19). The Kier molecular flexibility index (Phi) is 7.52. The van der Waals surface area contributed by atoms with Crippen molar-refractivity contribution in [3.63, 3.8) is 0 Å². The van der Waals surface area contributed by atoms with Crippen molar-refractivity contribution in [2.45, 2.75) is 65.4 Å². The van der Waals surface area contributed by atoms with Gasteiger partial charge in [0.15, 0.2) is 0 Å². The van der Waals surface area contributed by atoms with Gasteiger partial charge in [-0.3, -0.25) is 4.79 Å². The van der Waals surface area contributed by atoms with E-state index in [1.54, 1.807) is 0 Å². The van der Waals surface area contributed by atoms with E-state index < -0.39 is 0 Å². The molecule has 1 rings (SSSR count). The molecular formula is C16H32N2O2. The number of rotatable bonds is 8. The monoisotopic (exact) mass is 284 g/mol. The molecule has 0 bridgehead atoms. The van der Waals surface area contributed by atoms with E-state index in [-0.39, 0.29) is 11.3 Å². The fraction of sp³-hybridized carbons (Fsp3) is 0.938. The molecule has 0 aromatic heterocycles. The van der Waals surface area contributed by atoms with Gasteiger partial charge in [0.25, 0.3) is 0 Å². The number of nitrogens with two attached hydrogens (primary N) is 1. The lowest BCUT2D eigenvalue weighted by atomic mass is 9.76. The second-order valence-corrected chi connectivity index (χ2v) is 6.95. The molecule has 1 fully saturated rings. The SMILES string of the molecule is CC(C)(C)C(CCN)CCC(=O)NCCC1CCCO1. The van der Waals surface area contributed by atoms with Crippen LogP contribution in [0.1, 0.15) is 59.3 Å². The molecule has 3 N–H and O–H groups in total. The summed E-state index contributed by atoms with van der Waals surface area (Å²) in [5, 5.41) is 3.01. The van der Waals surface area contributed by atoms with Crippen molar-refractivity contribution in [2.24, 2.45) is 17.1 Å². The number of amides is 1. The molecule has 4 nitrogen and oxygen atoms in total. The molecule has 2 atom stereocenters. The highest BCUT2D eigenvalue weighted by molar-refractivity contribution is 5.75. The average molecular weight is 284 g/mol. The Labute approximate surface area is 123 Å². The van der Waals surface area contributed by atoms with Crippen molar-refractivity contribution >= 4 is 5.91 Å². The Morgan fingerprint density at radius 2 is 2.15 bits per heavy atom. The molecule has 0 radical (unpaired) electrons. The summed E-state index contributed by atoms with van der Waals surface area (Å²) >= 11 is 0. The highest BCUT2D eigenvalue weighted by Crippen LogP contribution is 2.31. The predicted octanol–water partition coefficient (Wildman–Crippen LogP) is 2.46. The molecule has 1 heterocycles. The van der Waals surface area contributed by atoms with Gasteiger partial charge in [0.05, 0.1) is 6.10 Å². The zero-order valence-corrected chi connectivity index (χ0v) is 13.4. The highest BCUT2D eigenvalue weighted by Gasteiger charge is 2.24. The molecule has 0 aromatic rings. The summed E-state index contributed by atoms with van der Waals surface area (Å²) in [7, 11) is 0. The van der Waals surface area contributed by atoms with E-state index >= 15 is 0 Å². The van der Waals surface area contributed by atoms with Crippen LogP contribution in [-0.2, 0) is 9.53 Å². The smallest absolute Gasteiger partial charge is 0.220 e. The van der Waals surface area contributed by atoms with Crippen LogP contribution in [0.3, 0.4) is 0 Å². The number of hydrogen-bond acceptors (Lipinski definition) is 3. The van der Waals surface area contributed by atoms with Crippen LogP contribution in [-0.4, -0.2) is 31.7 Å². The Bertz CT molecular complexity index is 281. The van der Waals surface area contributed by atoms with Crippen molar-refractivity contribution in [1.82, 2.24) is 5.32 Å². The molecule has 0 aromatic carbocycles. The number of carbonyl (C=O) groups is 1. The topological polar surface area (TPSA) is 64.4 Å². The van der Waals surface area contributed by atoms with Gasteiger partial charge >= 0.3 is 0 Å². The maximum Gasteiger partial charge on any atom is 0.220 e. The van der Waals surface area contributed by atoms with E-state index in [0.29, 0.717) is 25.0 Å². The molecular weight excluding hydrogens is 252 g/mol. The normalized spacial score (nSPS) is 20.9. The lowest BCUT2D eigenvalue weighted by Gasteiger charge is -2.30. The molecule has 1 amide bonds. The molecule has 118 valence electrons. The van der Waals surface area contributed by atoms with Gasteiger partial charge in [0, 0.05) is 19.6 Å². The molecule has 20 heavy (non-hydrogen) atoms. The van der Waals surface area contributed by atoms with Crippen LogP contribution in [0.25, 0.3) is 0 Å². The third-order valence-electron chi connectivity index (χ3n) is 4.27. The minimum Gasteiger partial charge on any atom is -0.378 e. The highest BCUT2D eigenvalue weighted by atomic mass is 16.5. The van der Waals surface area contributed by atoms with Crippen molar-refractivity contribution in [3.8, 4) is 0 Å². The van der Waals surface area contributed by atoms with E-state index in [1.807, 2.05) is 0 Å². The summed E-state index contributed by atoms with van der Waals surface area (Å²) in [6.07, 6.45) is 6.11. The Balaban J connectivity index is 2.16. The Morgan fingerprint density at radius 1 is 1.40 bits per heavy atom. The first-order valence-electron chi connectivity index (χ1n) is 8.02. The van der Waals surface area contributed by atoms with Gasteiger partial charge in [-0.15, -0.1) is 0 Å². The van der Waals surface area contributed by atoms with Crippen LogP contribution < -0.4 is 11.1 Å². The lowest BCUT2D eigenvalue weighted by molar-refractivity contribution is -0.121. The van der Waals surface area contributed by atoms with E-state index in [9.17, 15) is 4.79 Å². The molecule has 1 saturated heterocycles. The Hall–Kier alpha value is -0.610. The van der Waals surface area contributed by atoms with Crippen LogP contribution in [0.4, 0.5) is 0 Å². The van der Waals surface area contributed by atoms with Gasteiger partial charge in [-0.25, -0.2) is 0 Å². The first kappa shape index (κ1) is 17.4. The largest absolute Gasteiger partial charge is 0.378 e. The maximum absolute atomic E-state index is 11.9. The van der Waals surface area contributed by atoms with Crippen LogP contribution in [0, 0.1) is 11.3 Å². The quantitative estimate of drug-likeness (QED) is 0.719. The number of carbonyl (C=O) groups excluding carboxylic acids is 1. The summed E-state index contributed by atoms with van der Waals surface area (Å²) in [5.74, 6) is 0.672. The Morgan fingerprint density at radius 3 is 2.70 bits per heavy atom. The maximum atomic E-state index is 11.9. The van der Waals surface area contributed by atoms with Crippen LogP contribution in [0.2, 0.25) is 0 Å². The van der Waals surface area contributed by atoms with Gasteiger partial charge in [-0.05, 0) is 50.0 Å². The van der Waals surface area contributed by atoms with E-state index in [4.69, 9.17) is 10.5 Å². The number of ether oxygens (including phenoxy) is 1. The molecule has 4 heteroatoms. The van der Waals surface area contributed by atoms with Gasteiger partial charge in [0.2, 0.25) is 5.91 Å². The molecule has 1 aliphatic heterocycles. The van der Waals surface area contributed by atoms with Crippen molar-refractivity contribution in [1.29, 1.82) is 0 Å². The van der Waals surface area contributed by atoms with Crippen LogP contribution in [0.5, 0.6) is 0 Å². The van der Waals surface area contributed by atoms with Crippen molar-refractivity contribution in [3.05, 3.63) is 0 Å². The summed E-state index contributed by atoms with van der Waals surface area (Å²) in [6, 6.07) is 0. The van der Waals surface area contributed by atoms with Gasteiger partial charge in [-0.1, -0.05) is 20.8 Å². The van der Waals surface area contributed by atoms with Crippen LogP contribution in [0.15, 0.2) is 0 Å².